The van der Waals surface area contributed by atoms with Crippen molar-refractivity contribution in [3.63, 3.8) is 0 Å². The maximum Gasteiger partial charge on any atom is 0.237 e. The number of carbonyl (C=O) groups excluding carboxylic acids is 2. The van der Waals surface area contributed by atoms with E-state index in [1.165, 1.54) is 0 Å². The van der Waals surface area contributed by atoms with Crippen LogP contribution < -0.4 is 16.4 Å². The fourth-order valence-electron chi connectivity index (χ4n) is 2.01. The summed E-state index contributed by atoms with van der Waals surface area (Å²) in [7, 11) is 1.64. The summed E-state index contributed by atoms with van der Waals surface area (Å²) in [5, 5.41) is 5.58. The summed E-state index contributed by atoms with van der Waals surface area (Å²) in [4.78, 5) is 25.0. The first-order valence-electron chi connectivity index (χ1n) is 6.55. The number of amides is 2. The van der Waals surface area contributed by atoms with Gasteiger partial charge in [-0.05, 0) is 19.3 Å². The smallest absolute Gasteiger partial charge is 0.237 e. The summed E-state index contributed by atoms with van der Waals surface area (Å²) in [5.41, 5.74) is 5.67. The normalized spacial score (nSPS) is 19.3. The van der Waals surface area contributed by atoms with E-state index in [2.05, 4.69) is 15.5 Å². The molecule has 6 heteroatoms. The second kappa shape index (κ2) is 7.33. The molecule has 0 aromatic heterocycles. The van der Waals surface area contributed by atoms with E-state index in [0.29, 0.717) is 13.0 Å². The molecule has 1 atom stereocenters. The zero-order valence-electron chi connectivity index (χ0n) is 11.2. The number of nitrogens with one attached hydrogen (secondary N) is 2. The number of hydrogen-bond acceptors (Lipinski definition) is 4. The first-order valence-corrected chi connectivity index (χ1v) is 6.55. The van der Waals surface area contributed by atoms with E-state index in [4.69, 9.17) is 5.73 Å². The van der Waals surface area contributed by atoms with E-state index in [9.17, 15) is 9.59 Å². The Morgan fingerprint density at radius 2 is 2.00 bits per heavy atom. The van der Waals surface area contributed by atoms with Gasteiger partial charge in [-0.25, -0.2) is 0 Å². The van der Waals surface area contributed by atoms with Crippen LogP contribution in [0.5, 0.6) is 0 Å². The van der Waals surface area contributed by atoms with Crippen molar-refractivity contribution in [1.82, 2.24) is 15.5 Å². The molecule has 1 heterocycles. The molecule has 1 rings (SSSR count). The summed E-state index contributed by atoms with van der Waals surface area (Å²) in [5.74, 6) is -0.0345. The Morgan fingerprint density at radius 3 is 2.50 bits per heavy atom. The number of likely N-dealkylation sites (tertiary alicyclic amines) is 1. The van der Waals surface area contributed by atoms with Crippen LogP contribution in [0.1, 0.15) is 26.2 Å². The molecule has 6 nitrogen and oxygen atoms in total. The number of nitrogens with zero attached hydrogens (tertiary/aromatic N) is 1. The highest BCUT2D eigenvalue weighted by atomic mass is 16.2. The van der Waals surface area contributed by atoms with Crippen LogP contribution in [0.15, 0.2) is 0 Å². The number of nitrogens with two attached hydrogens (primary N) is 1. The fourth-order valence-corrected chi connectivity index (χ4v) is 2.01. The van der Waals surface area contributed by atoms with Crippen LogP contribution in [0.25, 0.3) is 0 Å². The van der Waals surface area contributed by atoms with Gasteiger partial charge in [0, 0.05) is 26.2 Å². The van der Waals surface area contributed by atoms with Crippen molar-refractivity contribution in [2.24, 2.45) is 5.73 Å². The predicted molar refractivity (Wildman–Crippen MR) is 69.9 cm³/mol. The minimum Gasteiger partial charge on any atom is -0.358 e. The van der Waals surface area contributed by atoms with Gasteiger partial charge in [0.25, 0.3) is 0 Å². The molecule has 1 aliphatic rings. The van der Waals surface area contributed by atoms with Crippen molar-refractivity contribution < 1.29 is 9.59 Å². The van der Waals surface area contributed by atoms with Gasteiger partial charge in [0.2, 0.25) is 11.8 Å². The topological polar surface area (TPSA) is 87.5 Å². The van der Waals surface area contributed by atoms with Gasteiger partial charge >= 0.3 is 0 Å². The van der Waals surface area contributed by atoms with Crippen LogP contribution in [-0.2, 0) is 9.59 Å². The van der Waals surface area contributed by atoms with Crippen LogP contribution in [-0.4, -0.2) is 55.5 Å². The Labute approximate surface area is 108 Å². The summed E-state index contributed by atoms with van der Waals surface area (Å²) < 4.78 is 0. The highest BCUT2D eigenvalue weighted by Gasteiger charge is 2.23. The first kappa shape index (κ1) is 14.9. The number of piperidine rings is 1. The van der Waals surface area contributed by atoms with Gasteiger partial charge in [0.05, 0.1) is 12.6 Å². The average Bonchev–Trinajstić information content (AvgIpc) is 2.39. The summed E-state index contributed by atoms with van der Waals surface area (Å²) in [6, 6.07) is -0.218. The summed E-state index contributed by atoms with van der Waals surface area (Å²) >= 11 is 0. The second-order valence-electron chi connectivity index (χ2n) is 4.75. The number of hydrogen-bond donors (Lipinski definition) is 3. The van der Waals surface area contributed by atoms with Crippen molar-refractivity contribution >= 4 is 11.8 Å². The average molecular weight is 256 g/mol. The van der Waals surface area contributed by atoms with E-state index < -0.39 is 6.04 Å². The summed E-state index contributed by atoms with van der Waals surface area (Å²) in [6.45, 7) is 4.00. The molecule has 1 aliphatic heterocycles. The fraction of sp³-hybridized carbons (Fsp3) is 0.833. The highest BCUT2D eigenvalue weighted by molar-refractivity contribution is 5.81. The quantitative estimate of drug-likeness (QED) is 0.592. The van der Waals surface area contributed by atoms with Crippen molar-refractivity contribution in [3.8, 4) is 0 Å². The van der Waals surface area contributed by atoms with Crippen molar-refractivity contribution in [3.05, 3.63) is 0 Å². The first-order chi connectivity index (χ1) is 8.56. The second-order valence-corrected chi connectivity index (χ2v) is 4.75. The van der Waals surface area contributed by atoms with E-state index in [1.807, 2.05) is 6.92 Å². The molecule has 0 aliphatic carbocycles. The molecule has 4 N–H and O–H groups in total. The third-order valence-corrected chi connectivity index (χ3v) is 3.36. The molecule has 18 heavy (non-hydrogen) atoms. The monoisotopic (exact) mass is 256 g/mol. The van der Waals surface area contributed by atoms with Crippen LogP contribution in [0.3, 0.4) is 0 Å². The number of carbonyl (C=O) groups is 2. The van der Waals surface area contributed by atoms with Gasteiger partial charge in [0.15, 0.2) is 0 Å². The molecule has 0 saturated carbocycles. The molecular weight excluding hydrogens is 232 g/mol. The Kier molecular flexibility index (Phi) is 6.07. The summed E-state index contributed by atoms with van der Waals surface area (Å²) in [6.07, 6.45) is 2.40. The lowest BCUT2D eigenvalue weighted by Gasteiger charge is -2.32. The maximum atomic E-state index is 11.6. The van der Waals surface area contributed by atoms with Gasteiger partial charge in [-0.2, -0.15) is 0 Å². The molecule has 0 aromatic carbocycles. The predicted octanol–water partition coefficient (Wildman–Crippen LogP) is -0.950. The zero-order chi connectivity index (χ0) is 13.5. The Bertz CT molecular complexity index is 288. The van der Waals surface area contributed by atoms with E-state index in [-0.39, 0.29) is 17.9 Å². The number of rotatable bonds is 5. The van der Waals surface area contributed by atoms with E-state index in [0.717, 1.165) is 25.9 Å². The molecule has 104 valence electrons. The van der Waals surface area contributed by atoms with E-state index >= 15 is 0 Å². The zero-order valence-corrected chi connectivity index (χ0v) is 11.2. The number of likely N-dealkylation sites (N-methyl/N-ethyl adjacent to an activating group) is 1. The van der Waals surface area contributed by atoms with Gasteiger partial charge in [0.1, 0.15) is 0 Å². The standard InChI is InChI=1S/C12H24N4O2/c1-3-10(13)12(18)15-9-4-6-16(7-5-9)8-11(17)14-2/h9-10H,3-8,13H2,1-2H3,(H,14,17)(H,15,18). The van der Waals surface area contributed by atoms with Crippen LogP contribution >= 0.6 is 0 Å². The van der Waals surface area contributed by atoms with Crippen molar-refractivity contribution in [2.75, 3.05) is 26.7 Å². The third kappa shape index (κ3) is 4.62. The SMILES string of the molecule is CCC(N)C(=O)NC1CCN(CC(=O)NC)CC1. The lowest BCUT2D eigenvalue weighted by Crippen LogP contribution is -2.50. The van der Waals surface area contributed by atoms with Gasteiger partial charge in [-0.1, -0.05) is 6.92 Å². The lowest BCUT2D eigenvalue weighted by atomic mass is 10.0. The Morgan fingerprint density at radius 1 is 1.39 bits per heavy atom. The molecule has 1 unspecified atom stereocenters. The van der Waals surface area contributed by atoms with Crippen LogP contribution in [0.4, 0.5) is 0 Å². The molecule has 1 saturated heterocycles. The van der Waals surface area contributed by atoms with Crippen molar-refractivity contribution in [1.29, 1.82) is 0 Å². The van der Waals surface area contributed by atoms with Crippen LogP contribution in [0.2, 0.25) is 0 Å². The largest absolute Gasteiger partial charge is 0.358 e. The maximum absolute atomic E-state index is 11.6. The van der Waals surface area contributed by atoms with Crippen LogP contribution in [0, 0.1) is 0 Å². The van der Waals surface area contributed by atoms with Gasteiger partial charge in [-0.15, -0.1) is 0 Å². The molecule has 1 fully saturated rings. The molecule has 2 amide bonds. The highest BCUT2D eigenvalue weighted by Crippen LogP contribution is 2.10. The lowest BCUT2D eigenvalue weighted by molar-refractivity contribution is -0.124. The molecule has 0 radical (unpaired) electrons. The van der Waals surface area contributed by atoms with Gasteiger partial charge < -0.3 is 16.4 Å². The van der Waals surface area contributed by atoms with E-state index in [1.54, 1.807) is 7.05 Å². The Balaban J connectivity index is 2.27. The Hall–Kier alpha value is -1.14. The van der Waals surface area contributed by atoms with Gasteiger partial charge in [-0.3, -0.25) is 14.5 Å². The van der Waals surface area contributed by atoms with Crippen molar-refractivity contribution in [2.45, 2.75) is 38.3 Å². The minimum atomic E-state index is -0.408. The molecule has 0 aromatic rings. The molecular formula is C12H24N4O2. The minimum absolute atomic E-state index is 0.0329. The third-order valence-electron chi connectivity index (χ3n) is 3.36. The molecule has 0 spiro atoms. The molecule has 0 bridgehead atoms.